The summed E-state index contributed by atoms with van der Waals surface area (Å²) in [6.07, 6.45) is 1.71. The molecule has 4 heteroatoms. The number of hydrogen-bond donors (Lipinski definition) is 1. The first kappa shape index (κ1) is 8.62. The van der Waals surface area contributed by atoms with Crippen LogP contribution in [0.2, 0.25) is 0 Å². The van der Waals surface area contributed by atoms with Crippen LogP contribution in [-0.4, -0.2) is 9.78 Å². The molecule has 0 aliphatic carbocycles. The lowest BCUT2D eigenvalue weighted by atomic mass is 10.3. The van der Waals surface area contributed by atoms with Gasteiger partial charge in [-0.3, -0.25) is 4.68 Å². The van der Waals surface area contributed by atoms with Crippen molar-refractivity contribution in [3.05, 3.63) is 36.5 Å². The number of nitrogen functional groups attached to an aromatic ring is 1. The molecule has 0 spiro atoms. The van der Waals surface area contributed by atoms with Crippen molar-refractivity contribution in [2.45, 2.75) is 0 Å². The molecule has 0 atom stereocenters. The second-order valence-corrected chi connectivity index (χ2v) is 2.98. The molecule has 0 bridgehead atoms. The highest BCUT2D eigenvalue weighted by atomic mass is 16.5. The van der Waals surface area contributed by atoms with Crippen molar-refractivity contribution >= 4 is 5.69 Å². The second-order valence-electron chi connectivity index (χ2n) is 2.98. The number of nitrogens with two attached hydrogens (primary N) is 1. The van der Waals surface area contributed by atoms with Gasteiger partial charge in [-0.15, -0.1) is 5.10 Å². The average molecular weight is 189 g/mol. The quantitative estimate of drug-likeness (QED) is 0.783. The lowest BCUT2D eigenvalue weighted by Gasteiger charge is -2.01. The molecule has 2 aromatic rings. The van der Waals surface area contributed by atoms with E-state index in [-0.39, 0.29) is 0 Å². The Morgan fingerprint density at radius 3 is 2.57 bits per heavy atom. The molecular weight excluding hydrogens is 178 g/mol. The van der Waals surface area contributed by atoms with Crippen molar-refractivity contribution in [1.29, 1.82) is 0 Å². The third-order valence-electron chi connectivity index (χ3n) is 1.78. The largest absolute Gasteiger partial charge is 0.436 e. The van der Waals surface area contributed by atoms with E-state index in [9.17, 15) is 0 Å². The van der Waals surface area contributed by atoms with E-state index in [1.54, 1.807) is 17.9 Å². The summed E-state index contributed by atoms with van der Waals surface area (Å²) < 4.78 is 7.09. The number of ether oxygens (including phenoxy) is 1. The third-order valence-corrected chi connectivity index (χ3v) is 1.78. The fourth-order valence-corrected chi connectivity index (χ4v) is 1.17. The van der Waals surface area contributed by atoms with E-state index in [0.717, 1.165) is 5.75 Å². The highest BCUT2D eigenvalue weighted by Gasteiger charge is 2.05. The number of benzene rings is 1. The first-order chi connectivity index (χ1) is 6.75. The van der Waals surface area contributed by atoms with Gasteiger partial charge in [-0.2, -0.15) is 0 Å². The zero-order valence-electron chi connectivity index (χ0n) is 7.84. The van der Waals surface area contributed by atoms with E-state index in [1.165, 1.54) is 0 Å². The Bertz CT molecular complexity index is 422. The molecule has 1 aromatic carbocycles. The van der Waals surface area contributed by atoms with Crippen LogP contribution in [0.3, 0.4) is 0 Å². The van der Waals surface area contributed by atoms with Crippen LogP contribution < -0.4 is 10.5 Å². The van der Waals surface area contributed by atoms with E-state index in [4.69, 9.17) is 10.5 Å². The van der Waals surface area contributed by atoms with Crippen molar-refractivity contribution in [2.75, 3.05) is 5.73 Å². The van der Waals surface area contributed by atoms with E-state index in [1.807, 2.05) is 30.3 Å². The van der Waals surface area contributed by atoms with Gasteiger partial charge in [0.05, 0.1) is 6.20 Å². The van der Waals surface area contributed by atoms with Gasteiger partial charge in [-0.25, -0.2) is 0 Å². The Morgan fingerprint density at radius 1 is 1.29 bits per heavy atom. The van der Waals surface area contributed by atoms with Gasteiger partial charge in [-0.1, -0.05) is 18.2 Å². The number of nitrogens with zero attached hydrogens (tertiary/aromatic N) is 2. The smallest absolute Gasteiger partial charge is 0.261 e. The molecule has 2 N–H and O–H groups in total. The second kappa shape index (κ2) is 3.41. The molecule has 0 fully saturated rings. The maximum absolute atomic E-state index is 5.68. The van der Waals surface area contributed by atoms with E-state index in [0.29, 0.717) is 11.6 Å². The first-order valence-corrected chi connectivity index (χ1v) is 4.28. The Kier molecular flexibility index (Phi) is 2.10. The molecule has 0 aliphatic heterocycles. The fraction of sp³-hybridized carbons (Fsp3) is 0.100. The topological polar surface area (TPSA) is 53.1 Å². The number of hydrogen-bond acceptors (Lipinski definition) is 3. The van der Waals surface area contributed by atoms with Gasteiger partial charge in [0.15, 0.2) is 0 Å². The molecule has 0 radical (unpaired) electrons. The van der Waals surface area contributed by atoms with Crippen LogP contribution >= 0.6 is 0 Å². The summed E-state index contributed by atoms with van der Waals surface area (Å²) >= 11 is 0. The minimum atomic E-state index is 0.443. The van der Waals surface area contributed by atoms with Crippen LogP contribution in [0, 0.1) is 0 Å². The molecule has 14 heavy (non-hydrogen) atoms. The Balaban J connectivity index is 2.23. The number of aryl methyl sites for hydroxylation is 1. The lowest BCUT2D eigenvalue weighted by molar-refractivity contribution is 0.456. The number of rotatable bonds is 2. The molecule has 0 saturated heterocycles. The molecule has 0 amide bonds. The molecule has 2 rings (SSSR count). The summed E-state index contributed by atoms with van der Waals surface area (Å²) in [6, 6.07) is 9.43. The third kappa shape index (κ3) is 1.69. The van der Waals surface area contributed by atoms with Gasteiger partial charge >= 0.3 is 0 Å². The summed E-state index contributed by atoms with van der Waals surface area (Å²) in [5.74, 6) is 1.18. The summed E-state index contributed by atoms with van der Waals surface area (Å²) in [4.78, 5) is 0. The standard InChI is InChI=1S/C10H11N3O/c1-13-7-9(11)10(12-13)14-8-5-3-2-4-6-8/h2-7H,11H2,1H3. The monoisotopic (exact) mass is 189 g/mol. The zero-order chi connectivity index (χ0) is 9.97. The Labute approximate surface area is 81.9 Å². The van der Waals surface area contributed by atoms with Crippen LogP contribution in [0.15, 0.2) is 36.5 Å². The predicted molar refractivity (Wildman–Crippen MR) is 54.1 cm³/mol. The predicted octanol–water partition coefficient (Wildman–Crippen LogP) is 1.79. The van der Waals surface area contributed by atoms with Crippen molar-refractivity contribution in [3.63, 3.8) is 0 Å². The van der Waals surface area contributed by atoms with Crippen LogP contribution in [0.1, 0.15) is 0 Å². The highest BCUT2D eigenvalue weighted by Crippen LogP contribution is 2.24. The SMILES string of the molecule is Cn1cc(N)c(Oc2ccccc2)n1. The van der Waals surface area contributed by atoms with Crippen molar-refractivity contribution in [1.82, 2.24) is 9.78 Å². The van der Waals surface area contributed by atoms with Gasteiger partial charge < -0.3 is 10.5 Å². The van der Waals surface area contributed by atoms with Gasteiger partial charge in [0.25, 0.3) is 5.88 Å². The molecular formula is C10H11N3O. The molecule has 0 saturated carbocycles. The zero-order valence-corrected chi connectivity index (χ0v) is 7.84. The maximum Gasteiger partial charge on any atom is 0.261 e. The number of aromatic nitrogens is 2. The van der Waals surface area contributed by atoms with Crippen molar-refractivity contribution in [3.8, 4) is 11.6 Å². The summed E-state index contributed by atoms with van der Waals surface area (Å²) in [5, 5.41) is 4.07. The normalized spacial score (nSPS) is 10.1. The Hall–Kier alpha value is -1.97. The molecule has 1 aromatic heterocycles. The molecule has 0 unspecified atom stereocenters. The summed E-state index contributed by atoms with van der Waals surface area (Å²) in [7, 11) is 1.80. The number of anilines is 1. The molecule has 1 heterocycles. The fourth-order valence-electron chi connectivity index (χ4n) is 1.17. The maximum atomic E-state index is 5.68. The van der Waals surface area contributed by atoms with Crippen LogP contribution in [0.5, 0.6) is 11.6 Å². The van der Waals surface area contributed by atoms with E-state index >= 15 is 0 Å². The van der Waals surface area contributed by atoms with Gasteiger partial charge in [0.2, 0.25) is 0 Å². The average Bonchev–Trinajstić information content (AvgIpc) is 2.47. The van der Waals surface area contributed by atoms with Crippen LogP contribution in [0.25, 0.3) is 0 Å². The minimum absolute atomic E-state index is 0.443. The van der Waals surface area contributed by atoms with Crippen molar-refractivity contribution in [2.24, 2.45) is 7.05 Å². The molecule has 4 nitrogen and oxygen atoms in total. The molecule has 0 aliphatic rings. The number of para-hydroxylation sites is 1. The minimum Gasteiger partial charge on any atom is -0.436 e. The van der Waals surface area contributed by atoms with Gasteiger partial charge in [0, 0.05) is 7.05 Å². The first-order valence-electron chi connectivity index (χ1n) is 4.28. The van der Waals surface area contributed by atoms with E-state index in [2.05, 4.69) is 5.10 Å². The van der Waals surface area contributed by atoms with E-state index < -0.39 is 0 Å². The summed E-state index contributed by atoms with van der Waals surface area (Å²) in [6.45, 7) is 0. The van der Waals surface area contributed by atoms with Gasteiger partial charge in [-0.05, 0) is 12.1 Å². The summed E-state index contributed by atoms with van der Waals surface area (Å²) in [5.41, 5.74) is 6.22. The lowest BCUT2D eigenvalue weighted by Crippen LogP contribution is -1.90. The van der Waals surface area contributed by atoms with Crippen LogP contribution in [0.4, 0.5) is 5.69 Å². The Morgan fingerprint density at radius 2 is 2.00 bits per heavy atom. The van der Waals surface area contributed by atoms with Crippen molar-refractivity contribution < 1.29 is 4.74 Å². The molecule has 72 valence electrons. The van der Waals surface area contributed by atoms with Gasteiger partial charge in [0.1, 0.15) is 11.4 Å². The van der Waals surface area contributed by atoms with Crippen LogP contribution in [-0.2, 0) is 7.05 Å². The highest BCUT2D eigenvalue weighted by molar-refractivity contribution is 5.47.